The number of carbonyl (C=O) groups is 1. The van der Waals surface area contributed by atoms with E-state index in [1.165, 1.54) is 5.56 Å². The summed E-state index contributed by atoms with van der Waals surface area (Å²) in [4.78, 5) is 14.2. The summed E-state index contributed by atoms with van der Waals surface area (Å²) in [5.41, 5.74) is 1.18. The fourth-order valence-electron chi connectivity index (χ4n) is 2.29. The second-order valence-corrected chi connectivity index (χ2v) is 4.55. The molecule has 1 aromatic rings. The lowest BCUT2D eigenvalue weighted by molar-refractivity contribution is -0.129. The number of hydrogen-bond acceptors (Lipinski definition) is 2. The third-order valence-corrected chi connectivity index (χ3v) is 3.25. The van der Waals surface area contributed by atoms with Gasteiger partial charge >= 0.3 is 0 Å². The van der Waals surface area contributed by atoms with Gasteiger partial charge in [-0.3, -0.25) is 4.79 Å². The van der Waals surface area contributed by atoms with Crippen LogP contribution in [0.25, 0.3) is 0 Å². The predicted molar refractivity (Wildman–Crippen MR) is 77.7 cm³/mol. The summed E-state index contributed by atoms with van der Waals surface area (Å²) in [5.74, 6) is 0.0773. The van der Waals surface area contributed by atoms with Crippen LogP contribution in [0, 0.1) is 0 Å². The number of allylic oxidation sites excluding steroid dienone is 3. The Morgan fingerprint density at radius 2 is 2.11 bits per heavy atom. The number of hydrogen-bond donors (Lipinski definition) is 1. The molecule has 0 spiro atoms. The number of carbonyl (C=O) groups excluding carboxylic acids is 1. The Morgan fingerprint density at radius 1 is 1.32 bits per heavy atom. The Bertz CT molecular complexity index is 465. The highest BCUT2D eigenvalue weighted by Crippen LogP contribution is 2.22. The van der Waals surface area contributed by atoms with E-state index >= 15 is 0 Å². The van der Waals surface area contributed by atoms with Gasteiger partial charge in [-0.15, -0.1) is 0 Å². The van der Waals surface area contributed by atoms with Gasteiger partial charge in [0, 0.05) is 25.7 Å². The highest BCUT2D eigenvalue weighted by Gasteiger charge is 2.26. The molecule has 100 valence electrons. The van der Waals surface area contributed by atoms with Crippen molar-refractivity contribution in [1.82, 2.24) is 10.2 Å². The first-order chi connectivity index (χ1) is 9.33. The van der Waals surface area contributed by atoms with Crippen molar-refractivity contribution in [1.29, 1.82) is 0 Å². The zero-order valence-electron chi connectivity index (χ0n) is 11.3. The number of nitrogens with one attached hydrogen (secondary N) is 1. The van der Waals surface area contributed by atoms with Crippen LogP contribution < -0.4 is 5.32 Å². The topological polar surface area (TPSA) is 32.3 Å². The summed E-state index contributed by atoms with van der Waals surface area (Å²) < 4.78 is 0. The smallest absolute Gasteiger partial charge is 0.247 e. The Morgan fingerprint density at radius 3 is 2.84 bits per heavy atom. The van der Waals surface area contributed by atoms with Crippen LogP contribution in [0.3, 0.4) is 0 Å². The van der Waals surface area contributed by atoms with Crippen LogP contribution in [0.15, 0.2) is 54.6 Å². The van der Waals surface area contributed by atoms with E-state index in [9.17, 15) is 4.79 Å². The molecule has 3 heteroatoms. The maximum Gasteiger partial charge on any atom is 0.247 e. The first-order valence-corrected chi connectivity index (χ1v) is 6.68. The molecule has 19 heavy (non-hydrogen) atoms. The number of amides is 1. The van der Waals surface area contributed by atoms with Crippen molar-refractivity contribution in [2.24, 2.45) is 0 Å². The van der Waals surface area contributed by atoms with Crippen LogP contribution >= 0.6 is 0 Å². The van der Waals surface area contributed by atoms with Crippen molar-refractivity contribution in [3.05, 3.63) is 60.2 Å². The van der Waals surface area contributed by atoms with Crippen molar-refractivity contribution in [2.75, 3.05) is 19.6 Å². The van der Waals surface area contributed by atoms with Gasteiger partial charge in [0.1, 0.15) is 0 Å². The van der Waals surface area contributed by atoms with Gasteiger partial charge in [-0.25, -0.2) is 0 Å². The van der Waals surface area contributed by atoms with Crippen molar-refractivity contribution in [3.8, 4) is 0 Å². The largest absolute Gasteiger partial charge is 0.330 e. The van der Waals surface area contributed by atoms with Gasteiger partial charge in [-0.05, 0) is 12.5 Å². The molecule has 0 aliphatic carbocycles. The van der Waals surface area contributed by atoms with E-state index in [4.69, 9.17) is 0 Å². The SMILES string of the molecule is C/C=C/C=C/C(=O)N1CCNCC1c1ccccc1. The summed E-state index contributed by atoms with van der Waals surface area (Å²) >= 11 is 0. The molecular formula is C16H20N2O. The zero-order chi connectivity index (χ0) is 13.5. The van der Waals surface area contributed by atoms with Gasteiger partial charge in [0.2, 0.25) is 5.91 Å². The molecule has 1 amide bonds. The molecule has 0 aromatic heterocycles. The number of rotatable bonds is 3. The minimum absolute atomic E-state index is 0.0773. The van der Waals surface area contributed by atoms with Gasteiger partial charge in [-0.1, -0.05) is 48.6 Å². The predicted octanol–water partition coefficient (Wildman–Crippen LogP) is 2.29. The first-order valence-electron chi connectivity index (χ1n) is 6.68. The van der Waals surface area contributed by atoms with Crippen LogP contribution in [0.4, 0.5) is 0 Å². The fraction of sp³-hybridized carbons (Fsp3) is 0.312. The molecule has 1 aliphatic heterocycles. The molecule has 1 heterocycles. The zero-order valence-corrected chi connectivity index (χ0v) is 11.3. The van der Waals surface area contributed by atoms with Crippen LogP contribution in [-0.4, -0.2) is 30.4 Å². The Labute approximate surface area is 114 Å². The molecule has 3 nitrogen and oxygen atoms in total. The monoisotopic (exact) mass is 256 g/mol. The lowest BCUT2D eigenvalue weighted by atomic mass is 10.0. The molecule has 1 fully saturated rings. The summed E-state index contributed by atoms with van der Waals surface area (Å²) in [6.07, 6.45) is 7.22. The van der Waals surface area contributed by atoms with Crippen LogP contribution in [-0.2, 0) is 4.79 Å². The second kappa shape index (κ2) is 6.90. The lowest BCUT2D eigenvalue weighted by Gasteiger charge is -2.36. The minimum atomic E-state index is 0.0773. The minimum Gasteiger partial charge on any atom is -0.330 e. The molecule has 2 rings (SSSR count). The van der Waals surface area contributed by atoms with Crippen molar-refractivity contribution < 1.29 is 4.79 Å². The molecule has 0 bridgehead atoms. The summed E-state index contributed by atoms with van der Waals surface area (Å²) in [7, 11) is 0. The maximum atomic E-state index is 12.2. The molecule has 0 saturated carbocycles. The normalized spacial score (nSPS) is 20.3. The number of piperazine rings is 1. The van der Waals surface area contributed by atoms with E-state index in [-0.39, 0.29) is 11.9 Å². The molecule has 1 atom stereocenters. The van der Waals surface area contributed by atoms with E-state index in [0.717, 1.165) is 19.6 Å². The van der Waals surface area contributed by atoms with Crippen molar-refractivity contribution in [2.45, 2.75) is 13.0 Å². The van der Waals surface area contributed by atoms with Crippen molar-refractivity contribution in [3.63, 3.8) is 0 Å². The second-order valence-electron chi connectivity index (χ2n) is 4.55. The third-order valence-electron chi connectivity index (χ3n) is 3.25. The Hall–Kier alpha value is -1.87. The van der Waals surface area contributed by atoms with Gasteiger partial charge in [0.25, 0.3) is 0 Å². The molecule has 1 saturated heterocycles. The quantitative estimate of drug-likeness (QED) is 0.665. The highest BCUT2D eigenvalue weighted by atomic mass is 16.2. The molecule has 1 N–H and O–H groups in total. The van der Waals surface area contributed by atoms with E-state index in [1.54, 1.807) is 12.2 Å². The van der Waals surface area contributed by atoms with E-state index in [1.807, 2.05) is 42.2 Å². The van der Waals surface area contributed by atoms with Gasteiger partial charge in [0.15, 0.2) is 0 Å². The van der Waals surface area contributed by atoms with E-state index < -0.39 is 0 Å². The van der Waals surface area contributed by atoms with Crippen LogP contribution in [0.2, 0.25) is 0 Å². The Kier molecular flexibility index (Phi) is 4.93. The third kappa shape index (κ3) is 3.55. The summed E-state index contributed by atoms with van der Waals surface area (Å²) in [6, 6.07) is 10.3. The van der Waals surface area contributed by atoms with E-state index in [2.05, 4.69) is 17.4 Å². The molecular weight excluding hydrogens is 236 g/mol. The Balaban J connectivity index is 2.14. The molecule has 1 aromatic carbocycles. The van der Waals surface area contributed by atoms with Gasteiger partial charge in [0.05, 0.1) is 6.04 Å². The number of nitrogens with zero attached hydrogens (tertiary/aromatic N) is 1. The first kappa shape index (κ1) is 13.6. The van der Waals surface area contributed by atoms with Crippen LogP contribution in [0.5, 0.6) is 0 Å². The lowest BCUT2D eigenvalue weighted by Crippen LogP contribution is -2.48. The standard InChI is InChI=1S/C16H20N2O/c1-2-3-5-10-16(19)18-12-11-17-13-15(18)14-8-6-4-7-9-14/h2-10,15,17H,11-13H2,1H3/b3-2+,10-5+. The number of benzene rings is 1. The summed E-state index contributed by atoms with van der Waals surface area (Å²) in [6.45, 7) is 4.35. The van der Waals surface area contributed by atoms with Crippen molar-refractivity contribution >= 4 is 5.91 Å². The van der Waals surface area contributed by atoms with Gasteiger partial charge < -0.3 is 10.2 Å². The van der Waals surface area contributed by atoms with E-state index in [0.29, 0.717) is 0 Å². The summed E-state index contributed by atoms with van der Waals surface area (Å²) in [5, 5.41) is 3.35. The maximum absolute atomic E-state index is 12.2. The van der Waals surface area contributed by atoms with Crippen LogP contribution in [0.1, 0.15) is 18.5 Å². The molecule has 1 aliphatic rings. The fourth-order valence-corrected chi connectivity index (χ4v) is 2.29. The molecule has 1 unspecified atom stereocenters. The average molecular weight is 256 g/mol. The molecule has 0 radical (unpaired) electrons. The highest BCUT2D eigenvalue weighted by molar-refractivity contribution is 5.88. The van der Waals surface area contributed by atoms with Gasteiger partial charge in [-0.2, -0.15) is 0 Å². The average Bonchev–Trinajstić information content (AvgIpc) is 2.48.